The minimum Gasteiger partial charge on any atom is -0.334 e. The molecule has 0 bridgehead atoms. The molecule has 4 aromatic rings. The molecule has 0 atom stereocenters. The van der Waals surface area contributed by atoms with Gasteiger partial charge in [-0.2, -0.15) is 4.98 Å². The van der Waals surface area contributed by atoms with Gasteiger partial charge in [-0.1, -0.05) is 24.2 Å². The third-order valence-electron chi connectivity index (χ3n) is 3.81. The average molecular weight is 317 g/mol. The maximum atomic E-state index is 5.38. The summed E-state index contributed by atoms with van der Waals surface area (Å²) >= 11 is 0. The second kappa shape index (κ2) is 6.08. The van der Waals surface area contributed by atoms with E-state index < -0.39 is 0 Å². The van der Waals surface area contributed by atoms with Gasteiger partial charge in [0.25, 0.3) is 5.89 Å². The molecule has 0 fully saturated rings. The number of nitrogens with zero attached hydrogens (tertiary/aromatic N) is 5. The highest BCUT2D eigenvalue weighted by Crippen LogP contribution is 2.22. The molecular formula is C18H15N5O. The number of benzene rings is 1. The summed E-state index contributed by atoms with van der Waals surface area (Å²) in [6, 6.07) is 11.9. The summed E-state index contributed by atoms with van der Waals surface area (Å²) in [6.45, 7) is 2.13. The lowest BCUT2D eigenvalue weighted by atomic mass is 10.1. The lowest BCUT2D eigenvalue weighted by molar-refractivity contribution is 0.432. The minimum absolute atomic E-state index is 0.506. The van der Waals surface area contributed by atoms with Crippen molar-refractivity contribution in [1.29, 1.82) is 0 Å². The summed E-state index contributed by atoms with van der Waals surface area (Å²) in [5.74, 6) is 1.82. The molecular weight excluding hydrogens is 302 g/mol. The molecule has 0 unspecified atom stereocenters. The SMILES string of the molecule is CCc1ccc(-c2nc(-c3ccc(-n4ccnc4)nc3)no2)cc1. The van der Waals surface area contributed by atoms with Gasteiger partial charge in [-0.05, 0) is 36.2 Å². The molecule has 0 spiro atoms. The molecule has 6 nitrogen and oxygen atoms in total. The van der Waals surface area contributed by atoms with Gasteiger partial charge in [0, 0.05) is 29.7 Å². The van der Waals surface area contributed by atoms with Crippen LogP contribution in [0.4, 0.5) is 0 Å². The second-order valence-corrected chi connectivity index (χ2v) is 5.35. The van der Waals surface area contributed by atoms with Crippen LogP contribution >= 0.6 is 0 Å². The lowest BCUT2D eigenvalue weighted by Gasteiger charge is -2.00. The van der Waals surface area contributed by atoms with Crippen LogP contribution < -0.4 is 0 Å². The molecule has 3 aromatic heterocycles. The highest BCUT2D eigenvalue weighted by atomic mass is 16.5. The van der Waals surface area contributed by atoms with Gasteiger partial charge in [0.2, 0.25) is 5.82 Å². The number of aryl methyl sites for hydroxylation is 1. The van der Waals surface area contributed by atoms with Crippen LogP contribution in [0.5, 0.6) is 0 Å². The molecule has 0 radical (unpaired) electrons. The number of hydrogen-bond donors (Lipinski definition) is 0. The second-order valence-electron chi connectivity index (χ2n) is 5.35. The van der Waals surface area contributed by atoms with Crippen molar-refractivity contribution in [2.45, 2.75) is 13.3 Å². The van der Waals surface area contributed by atoms with Crippen LogP contribution in [0, 0.1) is 0 Å². The number of pyridine rings is 1. The monoisotopic (exact) mass is 317 g/mol. The van der Waals surface area contributed by atoms with Crippen molar-refractivity contribution < 1.29 is 4.52 Å². The van der Waals surface area contributed by atoms with Crippen LogP contribution in [0.2, 0.25) is 0 Å². The van der Waals surface area contributed by atoms with Crippen LogP contribution in [-0.2, 0) is 6.42 Å². The topological polar surface area (TPSA) is 69.6 Å². The van der Waals surface area contributed by atoms with Gasteiger partial charge in [0.05, 0.1) is 0 Å². The van der Waals surface area contributed by atoms with E-state index in [-0.39, 0.29) is 0 Å². The molecule has 3 heterocycles. The zero-order valence-electron chi connectivity index (χ0n) is 13.1. The Kier molecular flexibility index (Phi) is 3.63. The van der Waals surface area contributed by atoms with Crippen molar-refractivity contribution in [3.63, 3.8) is 0 Å². The largest absolute Gasteiger partial charge is 0.334 e. The Morgan fingerprint density at radius 3 is 2.54 bits per heavy atom. The van der Waals surface area contributed by atoms with E-state index in [9.17, 15) is 0 Å². The molecule has 118 valence electrons. The summed E-state index contributed by atoms with van der Waals surface area (Å²) in [5, 5.41) is 4.05. The highest BCUT2D eigenvalue weighted by Gasteiger charge is 2.11. The molecule has 0 N–H and O–H groups in total. The fourth-order valence-corrected chi connectivity index (χ4v) is 2.41. The van der Waals surface area contributed by atoms with Gasteiger partial charge in [-0.3, -0.25) is 4.57 Å². The number of imidazole rings is 1. The Bertz CT molecular complexity index is 924. The maximum Gasteiger partial charge on any atom is 0.258 e. The summed E-state index contributed by atoms with van der Waals surface area (Å²) in [6.07, 6.45) is 7.99. The standard InChI is InChI=1S/C18H15N5O/c1-2-13-3-5-14(6-4-13)18-21-17(22-24-18)15-7-8-16(20-11-15)23-10-9-19-12-23/h3-12H,2H2,1H3. The molecule has 0 saturated heterocycles. The maximum absolute atomic E-state index is 5.38. The van der Waals surface area contributed by atoms with E-state index in [1.807, 2.05) is 35.0 Å². The normalized spacial score (nSPS) is 10.9. The Morgan fingerprint density at radius 2 is 1.88 bits per heavy atom. The van der Waals surface area contributed by atoms with E-state index in [1.165, 1.54) is 5.56 Å². The van der Waals surface area contributed by atoms with Gasteiger partial charge in [-0.25, -0.2) is 9.97 Å². The van der Waals surface area contributed by atoms with Crippen molar-refractivity contribution in [2.24, 2.45) is 0 Å². The first-order valence-electron chi connectivity index (χ1n) is 7.71. The van der Waals surface area contributed by atoms with E-state index in [0.29, 0.717) is 11.7 Å². The van der Waals surface area contributed by atoms with Gasteiger partial charge in [0.1, 0.15) is 12.1 Å². The highest BCUT2D eigenvalue weighted by molar-refractivity contribution is 5.59. The minimum atomic E-state index is 0.506. The number of hydrogen-bond acceptors (Lipinski definition) is 5. The van der Waals surface area contributed by atoms with Crippen LogP contribution in [0.25, 0.3) is 28.7 Å². The molecule has 0 aliphatic carbocycles. The predicted molar refractivity (Wildman–Crippen MR) is 89.5 cm³/mol. The summed E-state index contributed by atoms with van der Waals surface area (Å²) in [7, 11) is 0. The molecule has 4 rings (SSSR count). The molecule has 1 aromatic carbocycles. The van der Waals surface area contributed by atoms with Crippen LogP contribution in [0.3, 0.4) is 0 Å². The average Bonchev–Trinajstić information content (AvgIpc) is 3.34. The van der Waals surface area contributed by atoms with Gasteiger partial charge in [-0.15, -0.1) is 0 Å². The Labute approximate surface area is 138 Å². The summed E-state index contributed by atoms with van der Waals surface area (Å²) in [4.78, 5) is 12.9. The summed E-state index contributed by atoms with van der Waals surface area (Å²) in [5.41, 5.74) is 2.99. The Hall–Kier alpha value is -3.28. The van der Waals surface area contributed by atoms with Crippen LogP contribution in [-0.4, -0.2) is 24.7 Å². The Balaban J connectivity index is 1.60. The first kappa shape index (κ1) is 14.3. The van der Waals surface area contributed by atoms with Crippen LogP contribution in [0.15, 0.2) is 65.8 Å². The number of rotatable bonds is 4. The first-order chi connectivity index (χ1) is 11.8. The van der Waals surface area contributed by atoms with E-state index in [4.69, 9.17) is 4.52 Å². The smallest absolute Gasteiger partial charge is 0.258 e. The van der Waals surface area contributed by atoms with Crippen molar-refractivity contribution >= 4 is 0 Å². The fraction of sp³-hybridized carbons (Fsp3) is 0.111. The molecule has 0 saturated carbocycles. The van der Waals surface area contributed by atoms with Crippen molar-refractivity contribution in [2.75, 3.05) is 0 Å². The zero-order valence-corrected chi connectivity index (χ0v) is 13.1. The number of aromatic nitrogens is 5. The summed E-state index contributed by atoms with van der Waals surface area (Å²) < 4.78 is 7.21. The van der Waals surface area contributed by atoms with Crippen molar-refractivity contribution in [3.8, 4) is 28.7 Å². The quantitative estimate of drug-likeness (QED) is 0.576. The molecule has 0 aliphatic rings. The van der Waals surface area contributed by atoms with E-state index in [2.05, 4.69) is 39.2 Å². The molecule has 24 heavy (non-hydrogen) atoms. The third-order valence-corrected chi connectivity index (χ3v) is 3.81. The Morgan fingerprint density at radius 1 is 1.04 bits per heavy atom. The molecule has 6 heteroatoms. The van der Waals surface area contributed by atoms with Crippen molar-refractivity contribution in [1.82, 2.24) is 24.7 Å². The lowest BCUT2D eigenvalue weighted by Crippen LogP contribution is -1.94. The first-order valence-corrected chi connectivity index (χ1v) is 7.71. The predicted octanol–water partition coefficient (Wildman–Crippen LogP) is 3.55. The molecule has 0 amide bonds. The van der Waals surface area contributed by atoms with Gasteiger partial charge < -0.3 is 4.52 Å². The third kappa shape index (κ3) is 2.69. The van der Waals surface area contributed by atoms with E-state index >= 15 is 0 Å². The van der Waals surface area contributed by atoms with Gasteiger partial charge >= 0.3 is 0 Å². The van der Waals surface area contributed by atoms with Gasteiger partial charge in [0.15, 0.2) is 0 Å². The zero-order chi connectivity index (χ0) is 16.4. The van der Waals surface area contributed by atoms with Crippen LogP contribution in [0.1, 0.15) is 12.5 Å². The molecule has 0 aliphatic heterocycles. The van der Waals surface area contributed by atoms with E-state index in [1.54, 1.807) is 18.7 Å². The van der Waals surface area contributed by atoms with Crippen molar-refractivity contribution in [3.05, 3.63) is 66.9 Å². The van der Waals surface area contributed by atoms with E-state index in [0.717, 1.165) is 23.4 Å². The fourth-order valence-electron chi connectivity index (χ4n) is 2.41.